The van der Waals surface area contributed by atoms with E-state index in [1.54, 1.807) is 38.2 Å². The predicted octanol–water partition coefficient (Wildman–Crippen LogP) is 1.36. The fourth-order valence-corrected chi connectivity index (χ4v) is 2.83. The van der Waals surface area contributed by atoms with Crippen molar-refractivity contribution in [2.24, 2.45) is 7.05 Å². The number of nitrogen functional groups attached to an aromatic ring is 1. The Balaban J connectivity index is 2.01. The fourth-order valence-electron chi connectivity index (χ4n) is 2.83. The molecular weight excluding hydrogens is 268 g/mol. The van der Waals surface area contributed by atoms with Gasteiger partial charge in [-0.05, 0) is 19.1 Å². The number of aryl methyl sites for hydroxylation is 2. The molecule has 0 aliphatic carbocycles. The van der Waals surface area contributed by atoms with Crippen molar-refractivity contribution in [3.05, 3.63) is 41.6 Å². The standard InChI is InChI=1S/C15H16N4O2/c1-9-13(14(16)18(2)17-9)11-8-12(20)19(15(11)21)10-6-4-3-5-7-10/h3-7,11H,8,16H2,1-2H3. The van der Waals surface area contributed by atoms with Crippen LogP contribution in [0.3, 0.4) is 0 Å². The molecular formula is C15H16N4O2. The first kappa shape index (κ1) is 13.4. The van der Waals surface area contributed by atoms with E-state index in [2.05, 4.69) is 5.10 Å². The lowest BCUT2D eigenvalue weighted by Crippen LogP contribution is -2.30. The van der Waals surface area contributed by atoms with Gasteiger partial charge >= 0.3 is 0 Å². The lowest BCUT2D eigenvalue weighted by Gasteiger charge is -2.15. The van der Waals surface area contributed by atoms with E-state index in [0.29, 0.717) is 22.8 Å². The van der Waals surface area contributed by atoms with Crippen LogP contribution in [0.5, 0.6) is 0 Å². The first-order valence-electron chi connectivity index (χ1n) is 6.71. The summed E-state index contributed by atoms with van der Waals surface area (Å²) in [5.41, 5.74) is 7.94. The molecule has 1 aliphatic rings. The third kappa shape index (κ3) is 1.99. The van der Waals surface area contributed by atoms with E-state index in [9.17, 15) is 9.59 Å². The maximum atomic E-state index is 12.6. The lowest BCUT2D eigenvalue weighted by molar-refractivity contribution is -0.121. The highest BCUT2D eigenvalue weighted by Crippen LogP contribution is 2.36. The Morgan fingerprint density at radius 2 is 1.90 bits per heavy atom. The average molecular weight is 284 g/mol. The van der Waals surface area contributed by atoms with Gasteiger partial charge in [0.05, 0.1) is 17.3 Å². The van der Waals surface area contributed by atoms with Crippen molar-refractivity contribution in [1.82, 2.24) is 9.78 Å². The number of hydrogen-bond acceptors (Lipinski definition) is 4. The van der Waals surface area contributed by atoms with E-state index in [0.717, 1.165) is 0 Å². The molecule has 3 rings (SSSR count). The summed E-state index contributed by atoms with van der Waals surface area (Å²) in [6.45, 7) is 1.80. The second-order valence-electron chi connectivity index (χ2n) is 5.17. The number of aromatic nitrogens is 2. The Morgan fingerprint density at radius 3 is 2.48 bits per heavy atom. The van der Waals surface area contributed by atoms with Crippen molar-refractivity contribution in [3.8, 4) is 0 Å². The Morgan fingerprint density at radius 1 is 1.24 bits per heavy atom. The number of amides is 2. The third-order valence-electron chi connectivity index (χ3n) is 3.82. The molecule has 1 aromatic heterocycles. The van der Waals surface area contributed by atoms with Crippen LogP contribution in [0.4, 0.5) is 11.5 Å². The Hall–Kier alpha value is -2.63. The van der Waals surface area contributed by atoms with Gasteiger partial charge in [-0.3, -0.25) is 19.2 Å². The SMILES string of the molecule is Cc1nn(C)c(N)c1C1CC(=O)N(c2ccccc2)C1=O. The topological polar surface area (TPSA) is 81.2 Å². The number of carbonyl (C=O) groups is 2. The largest absolute Gasteiger partial charge is 0.384 e. The molecule has 2 heterocycles. The van der Waals surface area contributed by atoms with E-state index < -0.39 is 5.92 Å². The number of hydrogen-bond donors (Lipinski definition) is 1. The van der Waals surface area contributed by atoms with Crippen LogP contribution in [0.2, 0.25) is 0 Å². The van der Waals surface area contributed by atoms with Crippen molar-refractivity contribution in [3.63, 3.8) is 0 Å². The van der Waals surface area contributed by atoms with E-state index in [4.69, 9.17) is 5.73 Å². The van der Waals surface area contributed by atoms with E-state index in [1.165, 1.54) is 9.58 Å². The van der Waals surface area contributed by atoms with Crippen LogP contribution in [0.15, 0.2) is 30.3 Å². The summed E-state index contributed by atoms with van der Waals surface area (Å²) in [5.74, 6) is -0.562. The highest BCUT2D eigenvalue weighted by Gasteiger charge is 2.42. The van der Waals surface area contributed by atoms with Crippen LogP contribution < -0.4 is 10.6 Å². The van der Waals surface area contributed by atoms with Crippen molar-refractivity contribution >= 4 is 23.3 Å². The number of benzene rings is 1. The lowest BCUT2D eigenvalue weighted by atomic mass is 9.97. The van der Waals surface area contributed by atoms with Crippen LogP contribution in [0.25, 0.3) is 0 Å². The van der Waals surface area contributed by atoms with Crippen LogP contribution in [0, 0.1) is 6.92 Å². The van der Waals surface area contributed by atoms with Crippen LogP contribution in [-0.2, 0) is 16.6 Å². The fraction of sp³-hybridized carbons (Fsp3) is 0.267. The highest BCUT2D eigenvalue weighted by atomic mass is 16.2. The first-order chi connectivity index (χ1) is 10.0. The molecule has 108 valence electrons. The molecule has 1 saturated heterocycles. The van der Waals surface area contributed by atoms with Gasteiger partial charge in [-0.1, -0.05) is 18.2 Å². The second-order valence-corrected chi connectivity index (χ2v) is 5.17. The number of nitrogens with zero attached hydrogens (tertiary/aromatic N) is 3. The molecule has 1 aromatic carbocycles. The third-order valence-corrected chi connectivity index (χ3v) is 3.82. The van der Waals surface area contributed by atoms with Gasteiger partial charge in [0, 0.05) is 19.0 Å². The zero-order valence-electron chi connectivity index (χ0n) is 11.9. The quantitative estimate of drug-likeness (QED) is 0.844. The molecule has 1 fully saturated rings. The van der Waals surface area contributed by atoms with Crippen LogP contribution >= 0.6 is 0 Å². The highest BCUT2D eigenvalue weighted by molar-refractivity contribution is 6.23. The van der Waals surface area contributed by atoms with Gasteiger partial charge in [-0.2, -0.15) is 5.10 Å². The normalized spacial score (nSPS) is 18.6. The van der Waals surface area contributed by atoms with Gasteiger partial charge < -0.3 is 5.73 Å². The number of rotatable bonds is 2. The Labute approximate surface area is 122 Å². The predicted molar refractivity (Wildman–Crippen MR) is 78.7 cm³/mol. The zero-order chi connectivity index (χ0) is 15.1. The Bertz CT molecular complexity index is 721. The summed E-state index contributed by atoms with van der Waals surface area (Å²) < 4.78 is 1.54. The van der Waals surface area contributed by atoms with Crippen molar-refractivity contribution in [2.75, 3.05) is 10.6 Å². The molecule has 21 heavy (non-hydrogen) atoms. The molecule has 1 aliphatic heterocycles. The smallest absolute Gasteiger partial charge is 0.242 e. The molecule has 1 unspecified atom stereocenters. The van der Waals surface area contributed by atoms with E-state index >= 15 is 0 Å². The molecule has 2 N–H and O–H groups in total. The van der Waals surface area contributed by atoms with Gasteiger partial charge in [0.1, 0.15) is 5.82 Å². The number of imide groups is 1. The van der Waals surface area contributed by atoms with Crippen LogP contribution in [0.1, 0.15) is 23.6 Å². The maximum Gasteiger partial charge on any atom is 0.242 e. The number of para-hydroxylation sites is 1. The summed E-state index contributed by atoms with van der Waals surface area (Å²) >= 11 is 0. The molecule has 0 bridgehead atoms. The van der Waals surface area contributed by atoms with Gasteiger partial charge in [0.25, 0.3) is 0 Å². The van der Waals surface area contributed by atoms with E-state index in [-0.39, 0.29) is 18.2 Å². The van der Waals surface area contributed by atoms with Crippen molar-refractivity contribution in [2.45, 2.75) is 19.3 Å². The summed E-state index contributed by atoms with van der Waals surface area (Å²) in [6.07, 6.45) is 0.129. The van der Waals surface area contributed by atoms with E-state index in [1.807, 2.05) is 6.07 Å². The van der Waals surface area contributed by atoms with Gasteiger partial charge in [-0.15, -0.1) is 0 Å². The number of nitrogens with two attached hydrogens (primary N) is 1. The average Bonchev–Trinajstić information content (AvgIpc) is 2.88. The van der Waals surface area contributed by atoms with Gasteiger partial charge in [0.15, 0.2) is 0 Å². The maximum absolute atomic E-state index is 12.6. The minimum Gasteiger partial charge on any atom is -0.384 e. The van der Waals surface area contributed by atoms with Crippen molar-refractivity contribution < 1.29 is 9.59 Å². The summed E-state index contributed by atoms with van der Waals surface area (Å²) in [5, 5.41) is 4.22. The molecule has 0 spiro atoms. The van der Waals surface area contributed by atoms with Crippen molar-refractivity contribution in [1.29, 1.82) is 0 Å². The van der Waals surface area contributed by atoms with Gasteiger partial charge in [-0.25, -0.2) is 0 Å². The number of carbonyl (C=O) groups excluding carboxylic acids is 2. The first-order valence-corrected chi connectivity index (χ1v) is 6.71. The summed E-state index contributed by atoms with van der Waals surface area (Å²) in [7, 11) is 1.72. The number of anilines is 2. The zero-order valence-corrected chi connectivity index (χ0v) is 11.9. The minimum atomic E-state index is -0.550. The summed E-state index contributed by atoms with van der Waals surface area (Å²) in [4.78, 5) is 26.1. The molecule has 6 nitrogen and oxygen atoms in total. The van der Waals surface area contributed by atoms with Crippen LogP contribution in [-0.4, -0.2) is 21.6 Å². The second kappa shape index (κ2) is 4.73. The molecule has 0 saturated carbocycles. The Kier molecular flexibility index (Phi) is 3.01. The molecule has 6 heteroatoms. The van der Waals surface area contributed by atoms with Gasteiger partial charge in [0.2, 0.25) is 11.8 Å². The molecule has 0 radical (unpaired) electrons. The molecule has 2 amide bonds. The monoisotopic (exact) mass is 284 g/mol. The molecule has 2 aromatic rings. The minimum absolute atomic E-state index is 0.129. The summed E-state index contributed by atoms with van der Waals surface area (Å²) in [6, 6.07) is 8.93. The molecule has 1 atom stereocenters.